The van der Waals surface area contributed by atoms with Crippen LogP contribution in [0.4, 0.5) is 0 Å². The first-order valence-corrected chi connectivity index (χ1v) is 7.81. The number of benzene rings is 1. The third-order valence-electron chi connectivity index (χ3n) is 3.54. The molecule has 1 saturated heterocycles. The van der Waals surface area contributed by atoms with E-state index in [1.165, 1.54) is 23.3 Å². The summed E-state index contributed by atoms with van der Waals surface area (Å²) in [5, 5.41) is 2.68. The van der Waals surface area contributed by atoms with E-state index in [0.717, 1.165) is 45.0 Å². The van der Waals surface area contributed by atoms with E-state index in [1.54, 1.807) is 0 Å². The van der Waals surface area contributed by atoms with Crippen LogP contribution in [-0.4, -0.2) is 32.5 Å². The summed E-state index contributed by atoms with van der Waals surface area (Å²) in [6, 6.07) is 6.32. The van der Waals surface area contributed by atoms with E-state index in [2.05, 4.69) is 32.0 Å². The first kappa shape index (κ1) is 15.3. The predicted molar refractivity (Wildman–Crippen MR) is 80.0 cm³/mol. The highest BCUT2D eigenvalue weighted by Gasteiger charge is 2.11. The summed E-state index contributed by atoms with van der Waals surface area (Å²) in [7, 11) is 0. The molecule has 0 aromatic heterocycles. The maximum Gasteiger partial charge on any atom is 0.127 e. The van der Waals surface area contributed by atoms with Crippen LogP contribution >= 0.6 is 0 Å². The average Bonchev–Trinajstić information content (AvgIpc) is 2.46. The van der Waals surface area contributed by atoms with Crippen LogP contribution in [0.1, 0.15) is 39.5 Å². The van der Waals surface area contributed by atoms with Gasteiger partial charge in [0.15, 0.2) is 0 Å². The number of rotatable bonds is 6. The van der Waals surface area contributed by atoms with Gasteiger partial charge in [0.2, 0.25) is 0 Å². The number of ether oxygens (including phenoxy) is 3. The number of hydrogen-bond acceptors (Lipinski definition) is 3. The van der Waals surface area contributed by atoms with E-state index in [1.807, 2.05) is 0 Å². The quantitative estimate of drug-likeness (QED) is 0.755. The monoisotopic (exact) mass is 278 g/mol. The van der Waals surface area contributed by atoms with Gasteiger partial charge >= 0.3 is 0 Å². The molecule has 0 aromatic carbocycles. The van der Waals surface area contributed by atoms with E-state index in [-0.39, 0.29) is 0 Å². The van der Waals surface area contributed by atoms with E-state index in [0.29, 0.717) is 6.10 Å². The van der Waals surface area contributed by atoms with Crippen LogP contribution in [0.2, 0.25) is 0 Å². The van der Waals surface area contributed by atoms with Crippen LogP contribution in [-0.2, 0) is 9.47 Å². The fourth-order valence-corrected chi connectivity index (χ4v) is 2.23. The van der Waals surface area contributed by atoms with Crippen molar-refractivity contribution in [3.05, 3.63) is 28.6 Å². The molecular weight excluding hydrogens is 252 g/mol. The SMILES string of the molecule is CCCC1COCCO1.CCCCOc1cc2ccc1=2. The molecule has 3 rings (SSSR count). The van der Waals surface area contributed by atoms with Gasteiger partial charge in [-0.15, -0.1) is 0 Å². The van der Waals surface area contributed by atoms with Crippen molar-refractivity contribution in [3.8, 4) is 5.75 Å². The minimum atomic E-state index is 0.378. The molecule has 0 aromatic rings. The summed E-state index contributed by atoms with van der Waals surface area (Å²) in [5.41, 5.74) is 0. The zero-order valence-electron chi connectivity index (χ0n) is 12.7. The summed E-state index contributed by atoms with van der Waals surface area (Å²) < 4.78 is 16.1. The van der Waals surface area contributed by atoms with Gasteiger partial charge < -0.3 is 14.2 Å². The zero-order valence-corrected chi connectivity index (χ0v) is 12.7. The van der Waals surface area contributed by atoms with Crippen molar-refractivity contribution < 1.29 is 14.2 Å². The van der Waals surface area contributed by atoms with Crippen LogP contribution < -0.4 is 4.74 Å². The maximum atomic E-state index is 5.50. The molecule has 0 radical (unpaired) electrons. The Labute approximate surface area is 121 Å². The Morgan fingerprint density at radius 3 is 2.60 bits per heavy atom. The van der Waals surface area contributed by atoms with Crippen LogP contribution in [0.25, 0.3) is 0 Å². The second-order valence-electron chi connectivity index (χ2n) is 5.27. The molecule has 1 fully saturated rings. The van der Waals surface area contributed by atoms with Crippen molar-refractivity contribution in [2.75, 3.05) is 26.4 Å². The Morgan fingerprint density at radius 2 is 2.10 bits per heavy atom. The summed E-state index contributed by atoms with van der Waals surface area (Å²) in [4.78, 5) is 0. The Bertz CT molecular complexity index is 475. The molecule has 1 atom stereocenters. The molecule has 3 heteroatoms. The molecule has 0 spiro atoms. The van der Waals surface area contributed by atoms with Gasteiger partial charge in [0, 0.05) is 5.22 Å². The van der Waals surface area contributed by atoms with Crippen molar-refractivity contribution >= 4 is 0 Å². The Balaban J connectivity index is 0.000000151. The lowest BCUT2D eigenvalue weighted by Gasteiger charge is -2.21. The Hall–Kier alpha value is -1.06. The molecule has 3 nitrogen and oxygen atoms in total. The second-order valence-corrected chi connectivity index (χ2v) is 5.27. The molecule has 0 bridgehead atoms. The minimum absolute atomic E-state index is 0.378. The third kappa shape index (κ3) is 4.22. The first-order valence-electron chi connectivity index (χ1n) is 7.81. The van der Waals surface area contributed by atoms with E-state index < -0.39 is 0 Å². The number of unbranched alkanes of at least 4 members (excludes halogenated alkanes) is 1. The lowest BCUT2D eigenvalue weighted by molar-refractivity contribution is -0.0906. The fourth-order valence-electron chi connectivity index (χ4n) is 2.23. The van der Waals surface area contributed by atoms with Gasteiger partial charge in [0.1, 0.15) is 5.75 Å². The Kier molecular flexibility index (Phi) is 6.34. The summed E-state index contributed by atoms with van der Waals surface area (Å²) in [6.07, 6.45) is 5.07. The lowest BCUT2D eigenvalue weighted by atomic mass is 10.1. The van der Waals surface area contributed by atoms with E-state index >= 15 is 0 Å². The average molecular weight is 278 g/mol. The highest BCUT2D eigenvalue weighted by Crippen LogP contribution is 2.23. The van der Waals surface area contributed by atoms with Crippen molar-refractivity contribution in [2.24, 2.45) is 0 Å². The molecule has 2 aliphatic carbocycles. The molecule has 0 amide bonds. The fraction of sp³-hybridized carbons (Fsp3) is 0.647. The third-order valence-corrected chi connectivity index (χ3v) is 3.54. The molecule has 1 heterocycles. The molecule has 1 unspecified atom stereocenters. The van der Waals surface area contributed by atoms with Crippen LogP contribution in [0, 0.1) is 10.4 Å². The maximum absolute atomic E-state index is 5.50. The van der Waals surface area contributed by atoms with E-state index in [4.69, 9.17) is 14.2 Å². The smallest absolute Gasteiger partial charge is 0.127 e. The van der Waals surface area contributed by atoms with Gasteiger partial charge in [-0.05, 0) is 24.1 Å². The molecule has 0 N–H and O–H groups in total. The van der Waals surface area contributed by atoms with Crippen molar-refractivity contribution in [1.82, 2.24) is 0 Å². The minimum Gasteiger partial charge on any atom is -0.493 e. The topological polar surface area (TPSA) is 27.7 Å². The van der Waals surface area contributed by atoms with Crippen LogP contribution in [0.5, 0.6) is 5.75 Å². The van der Waals surface area contributed by atoms with Crippen molar-refractivity contribution in [1.29, 1.82) is 0 Å². The zero-order chi connectivity index (χ0) is 14.2. The van der Waals surface area contributed by atoms with Crippen LogP contribution in [0.15, 0.2) is 18.2 Å². The second kappa shape index (κ2) is 8.28. The standard InChI is InChI=1S/C10H12O.C7H14O2/c1-2-3-6-11-10-7-8-4-5-9(8)10;1-2-3-7-6-8-4-5-9-7/h4-5,7H,2-3,6H2,1H3;7H,2-6H2,1H3. The Morgan fingerprint density at radius 1 is 1.20 bits per heavy atom. The van der Waals surface area contributed by atoms with E-state index in [9.17, 15) is 0 Å². The molecule has 1 aliphatic heterocycles. The number of hydrogen-bond donors (Lipinski definition) is 0. The van der Waals surface area contributed by atoms with Gasteiger partial charge in [-0.2, -0.15) is 0 Å². The van der Waals surface area contributed by atoms with Crippen molar-refractivity contribution in [2.45, 2.75) is 45.6 Å². The molecule has 3 aliphatic rings. The van der Waals surface area contributed by atoms with Crippen molar-refractivity contribution in [3.63, 3.8) is 0 Å². The molecule has 20 heavy (non-hydrogen) atoms. The molecule has 0 saturated carbocycles. The lowest BCUT2D eigenvalue weighted by Crippen LogP contribution is -2.28. The summed E-state index contributed by atoms with van der Waals surface area (Å²) in [6.45, 7) is 7.57. The van der Waals surface area contributed by atoms with Gasteiger partial charge in [0.05, 0.1) is 32.5 Å². The summed E-state index contributed by atoms with van der Waals surface area (Å²) >= 11 is 0. The normalized spacial score (nSPS) is 19.0. The highest BCUT2D eigenvalue weighted by molar-refractivity contribution is 5.38. The largest absolute Gasteiger partial charge is 0.493 e. The molecule has 112 valence electrons. The first-order chi connectivity index (χ1) is 9.85. The van der Waals surface area contributed by atoms with Gasteiger partial charge in [-0.1, -0.05) is 38.8 Å². The van der Waals surface area contributed by atoms with Gasteiger partial charge in [-0.25, -0.2) is 0 Å². The highest BCUT2D eigenvalue weighted by atomic mass is 16.6. The molecular formula is C17H26O3. The predicted octanol–water partition coefficient (Wildman–Crippen LogP) is 3.67. The van der Waals surface area contributed by atoms with Crippen LogP contribution in [0.3, 0.4) is 0 Å². The van der Waals surface area contributed by atoms with Gasteiger partial charge in [-0.3, -0.25) is 0 Å². The summed E-state index contributed by atoms with van der Waals surface area (Å²) in [5.74, 6) is 1.09. The van der Waals surface area contributed by atoms with Gasteiger partial charge in [0.25, 0.3) is 0 Å².